The molecule has 7 heteroatoms. The van der Waals surface area contributed by atoms with Crippen molar-refractivity contribution in [1.82, 2.24) is 8.61 Å². The van der Waals surface area contributed by atoms with Crippen LogP contribution < -0.4 is 9.47 Å². The van der Waals surface area contributed by atoms with Crippen LogP contribution in [-0.4, -0.2) is 55.9 Å². The molecule has 1 saturated carbocycles. The smallest absolute Gasteiger partial charge is 0.282 e. The van der Waals surface area contributed by atoms with E-state index in [0.29, 0.717) is 25.6 Å². The number of methoxy groups -OCH3 is 1. The Bertz CT molecular complexity index is 700. The molecule has 2 heterocycles. The average Bonchev–Trinajstić information content (AvgIpc) is 3.36. The number of nitrogens with zero attached hydrogens (tertiary/aromatic N) is 2. The monoisotopic (exact) mass is 366 g/mol. The van der Waals surface area contributed by atoms with Crippen molar-refractivity contribution in [1.29, 1.82) is 0 Å². The summed E-state index contributed by atoms with van der Waals surface area (Å²) in [4.78, 5) is 0. The molecule has 138 valence electrons. The molecule has 3 fully saturated rings. The lowest BCUT2D eigenvalue weighted by atomic mass is 10.0. The van der Waals surface area contributed by atoms with Gasteiger partial charge in [0.05, 0.1) is 13.2 Å². The predicted octanol–water partition coefficient (Wildman–Crippen LogP) is 2.27. The largest absolute Gasteiger partial charge is 0.497 e. The third-order valence-corrected chi connectivity index (χ3v) is 7.93. The Balaban J connectivity index is 1.48. The first kappa shape index (κ1) is 17.1. The second kappa shape index (κ2) is 6.78. The van der Waals surface area contributed by atoms with Crippen molar-refractivity contribution >= 4 is 10.2 Å². The minimum Gasteiger partial charge on any atom is -0.497 e. The topological polar surface area (TPSA) is 59.1 Å². The van der Waals surface area contributed by atoms with Gasteiger partial charge in [-0.05, 0) is 62.3 Å². The van der Waals surface area contributed by atoms with Crippen LogP contribution >= 0.6 is 0 Å². The van der Waals surface area contributed by atoms with E-state index in [1.165, 1.54) is 0 Å². The van der Waals surface area contributed by atoms with Crippen molar-refractivity contribution in [3.63, 3.8) is 0 Å². The minimum absolute atomic E-state index is 0.0496. The number of benzene rings is 1. The summed E-state index contributed by atoms with van der Waals surface area (Å²) in [5.74, 6) is 1.95. The van der Waals surface area contributed by atoms with Crippen molar-refractivity contribution in [2.24, 2.45) is 5.92 Å². The van der Waals surface area contributed by atoms with E-state index in [1.54, 1.807) is 15.7 Å². The van der Waals surface area contributed by atoms with Crippen LogP contribution in [0.4, 0.5) is 0 Å². The van der Waals surface area contributed by atoms with Crippen molar-refractivity contribution in [3.8, 4) is 11.5 Å². The van der Waals surface area contributed by atoms with Crippen LogP contribution in [0.25, 0.3) is 0 Å². The molecule has 1 aromatic rings. The summed E-state index contributed by atoms with van der Waals surface area (Å²) < 4.78 is 40.8. The van der Waals surface area contributed by atoms with Gasteiger partial charge in [0.25, 0.3) is 10.2 Å². The molecule has 0 N–H and O–H groups in total. The maximum Gasteiger partial charge on any atom is 0.282 e. The summed E-state index contributed by atoms with van der Waals surface area (Å²) in [6.45, 7) is 1.73. The molecule has 2 saturated heterocycles. The third kappa shape index (κ3) is 3.13. The number of rotatable bonds is 6. The maximum atomic E-state index is 13.1. The normalized spacial score (nSPS) is 30.0. The van der Waals surface area contributed by atoms with Gasteiger partial charge in [0.1, 0.15) is 18.1 Å². The molecule has 2 bridgehead atoms. The fourth-order valence-electron chi connectivity index (χ4n) is 4.53. The molecule has 3 atom stereocenters. The number of fused-ring (bicyclic) bond motifs is 2. The van der Waals surface area contributed by atoms with Crippen LogP contribution in [0, 0.1) is 5.92 Å². The molecule has 6 nitrogen and oxygen atoms in total. The van der Waals surface area contributed by atoms with Crippen LogP contribution in [0.15, 0.2) is 24.3 Å². The summed E-state index contributed by atoms with van der Waals surface area (Å²) in [5, 5.41) is 0. The van der Waals surface area contributed by atoms with Gasteiger partial charge in [-0.2, -0.15) is 17.0 Å². The van der Waals surface area contributed by atoms with E-state index in [0.717, 1.165) is 43.6 Å². The molecule has 2 aliphatic heterocycles. The zero-order chi connectivity index (χ0) is 17.4. The molecule has 0 aromatic heterocycles. The third-order valence-electron chi connectivity index (χ3n) is 5.81. The average molecular weight is 366 g/mol. The van der Waals surface area contributed by atoms with Gasteiger partial charge in [0, 0.05) is 19.1 Å². The van der Waals surface area contributed by atoms with Crippen LogP contribution in [0.1, 0.15) is 32.1 Å². The molecule has 0 amide bonds. The molecule has 0 unspecified atom stereocenters. The van der Waals surface area contributed by atoms with Crippen LogP contribution in [0.2, 0.25) is 0 Å². The first-order chi connectivity index (χ1) is 12.1. The van der Waals surface area contributed by atoms with Gasteiger partial charge in [0.2, 0.25) is 0 Å². The summed E-state index contributed by atoms with van der Waals surface area (Å²) in [6, 6.07) is 7.55. The lowest BCUT2D eigenvalue weighted by Gasteiger charge is -2.36. The molecular formula is C18H26N2O4S. The number of hydrogen-bond acceptors (Lipinski definition) is 4. The number of piperidine rings is 1. The quantitative estimate of drug-likeness (QED) is 0.775. The van der Waals surface area contributed by atoms with Crippen LogP contribution in [0.3, 0.4) is 0 Å². The van der Waals surface area contributed by atoms with Crippen molar-refractivity contribution < 1.29 is 17.9 Å². The van der Waals surface area contributed by atoms with Crippen molar-refractivity contribution in [2.75, 3.05) is 26.8 Å². The Morgan fingerprint density at radius 2 is 1.76 bits per heavy atom. The van der Waals surface area contributed by atoms with E-state index in [2.05, 4.69) is 0 Å². The molecule has 1 aromatic carbocycles. The molecule has 3 aliphatic rings. The van der Waals surface area contributed by atoms with Crippen LogP contribution in [0.5, 0.6) is 11.5 Å². The van der Waals surface area contributed by atoms with Gasteiger partial charge < -0.3 is 9.47 Å². The van der Waals surface area contributed by atoms with Gasteiger partial charge >= 0.3 is 0 Å². The van der Waals surface area contributed by atoms with E-state index in [4.69, 9.17) is 9.47 Å². The zero-order valence-electron chi connectivity index (χ0n) is 14.6. The van der Waals surface area contributed by atoms with E-state index in [1.807, 2.05) is 24.3 Å². The van der Waals surface area contributed by atoms with E-state index in [-0.39, 0.29) is 12.1 Å². The highest BCUT2D eigenvalue weighted by atomic mass is 32.2. The Labute approximate surface area is 149 Å². The molecule has 4 rings (SSSR count). The predicted molar refractivity (Wildman–Crippen MR) is 95.0 cm³/mol. The summed E-state index contributed by atoms with van der Waals surface area (Å²) in [5.41, 5.74) is 0. The second-order valence-corrected chi connectivity index (χ2v) is 9.06. The highest BCUT2D eigenvalue weighted by molar-refractivity contribution is 7.86. The van der Waals surface area contributed by atoms with Gasteiger partial charge in [-0.1, -0.05) is 0 Å². The Kier molecular flexibility index (Phi) is 4.64. The van der Waals surface area contributed by atoms with Crippen molar-refractivity contribution in [3.05, 3.63) is 24.3 Å². The minimum atomic E-state index is -3.37. The Hall–Kier alpha value is -1.31. The number of hydrogen-bond donors (Lipinski definition) is 0. The van der Waals surface area contributed by atoms with E-state index < -0.39 is 10.2 Å². The summed E-state index contributed by atoms with van der Waals surface area (Å²) in [7, 11) is -1.74. The van der Waals surface area contributed by atoms with Gasteiger partial charge in [-0.3, -0.25) is 0 Å². The SMILES string of the molecule is COc1ccc(OC[C@H]2[C@@H]3CC[C@H](C3)N2S(=O)(=O)N2CCCC2)cc1. The van der Waals surface area contributed by atoms with Gasteiger partial charge in [-0.15, -0.1) is 0 Å². The zero-order valence-corrected chi connectivity index (χ0v) is 15.5. The molecule has 0 radical (unpaired) electrons. The van der Waals surface area contributed by atoms with Crippen molar-refractivity contribution in [2.45, 2.75) is 44.2 Å². The summed E-state index contributed by atoms with van der Waals surface area (Å²) >= 11 is 0. The fourth-order valence-corrected chi connectivity index (χ4v) is 6.66. The second-order valence-electron chi connectivity index (χ2n) is 7.22. The van der Waals surface area contributed by atoms with Gasteiger partial charge in [-0.25, -0.2) is 0 Å². The molecule has 25 heavy (non-hydrogen) atoms. The maximum absolute atomic E-state index is 13.1. The molecule has 0 spiro atoms. The first-order valence-electron chi connectivity index (χ1n) is 9.15. The number of ether oxygens (including phenoxy) is 2. The van der Waals surface area contributed by atoms with Gasteiger partial charge in [0.15, 0.2) is 0 Å². The molecular weight excluding hydrogens is 340 g/mol. The standard InChI is InChI=1S/C18H26N2O4S/c1-23-16-6-8-17(9-7-16)24-13-18-14-4-5-15(12-14)20(18)25(21,22)19-10-2-3-11-19/h6-9,14-15,18H,2-5,10-13H2,1H3/t14-,15-,18+/m1/s1. The van der Waals surface area contributed by atoms with E-state index >= 15 is 0 Å². The molecule has 1 aliphatic carbocycles. The lowest BCUT2D eigenvalue weighted by Crippen LogP contribution is -2.52. The highest BCUT2D eigenvalue weighted by Gasteiger charge is 2.53. The van der Waals surface area contributed by atoms with Crippen LogP contribution in [-0.2, 0) is 10.2 Å². The summed E-state index contributed by atoms with van der Waals surface area (Å²) in [6.07, 6.45) is 5.00. The first-order valence-corrected chi connectivity index (χ1v) is 10.5. The highest BCUT2D eigenvalue weighted by Crippen LogP contribution is 2.45. The Morgan fingerprint density at radius 1 is 1.08 bits per heavy atom. The lowest BCUT2D eigenvalue weighted by molar-refractivity contribution is 0.156. The fraction of sp³-hybridized carbons (Fsp3) is 0.667. The van der Waals surface area contributed by atoms with E-state index in [9.17, 15) is 8.42 Å². The Morgan fingerprint density at radius 3 is 2.44 bits per heavy atom.